The molecule has 0 unspecified atom stereocenters. The smallest absolute Gasteiger partial charge is 0.272 e. The maximum absolute atomic E-state index is 13.2. The molecule has 0 saturated heterocycles. The van der Waals surface area contributed by atoms with E-state index in [1.807, 2.05) is 6.92 Å². The van der Waals surface area contributed by atoms with E-state index < -0.39 is 21.7 Å². The number of anilines is 3. The summed E-state index contributed by atoms with van der Waals surface area (Å²) in [7, 11) is -3.73. The van der Waals surface area contributed by atoms with Gasteiger partial charge in [-0.3, -0.25) is 4.72 Å². The van der Waals surface area contributed by atoms with Gasteiger partial charge in [-0.25, -0.2) is 17.2 Å². The quantitative estimate of drug-likeness (QED) is 0.660. The van der Waals surface area contributed by atoms with Crippen LogP contribution in [0.4, 0.5) is 26.1 Å². The number of nitrogens with one attached hydrogen (secondary N) is 2. The average molecular weight is 396 g/mol. The average Bonchev–Trinajstić information content (AvgIpc) is 3.10. The lowest BCUT2D eigenvalue weighted by molar-refractivity contribution is 0.509. The Kier molecular flexibility index (Phi) is 5.14. The van der Waals surface area contributed by atoms with Crippen LogP contribution in [0.5, 0.6) is 0 Å². The fourth-order valence-electron chi connectivity index (χ4n) is 2.06. The third-order valence-electron chi connectivity index (χ3n) is 3.35. The minimum atomic E-state index is -3.73. The molecule has 0 aliphatic heterocycles. The molecule has 3 aromatic rings. The number of hydrogen-bond acceptors (Lipinski definition) is 6. The normalized spacial score (nSPS) is 11.3. The molecule has 0 radical (unpaired) electrons. The van der Waals surface area contributed by atoms with Gasteiger partial charge in [0, 0.05) is 16.6 Å². The fraction of sp³-hybridized carbons (Fsp3) is 0.125. The highest BCUT2D eigenvalue weighted by Crippen LogP contribution is 2.24. The molecule has 0 spiro atoms. The van der Waals surface area contributed by atoms with E-state index in [4.69, 9.17) is 0 Å². The molecule has 0 aliphatic carbocycles. The van der Waals surface area contributed by atoms with E-state index >= 15 is 0 Å². The van der Waals surface area contributed by atoms with Crippen molar-refractivity contribution in [3.05, 3.63) is 59.0 Å². The number of rotatable bonds is 6. The topological polar surface area (TPSA) is 84.0 Å². The summed E-state index contributed by atoms with van der Waals surface area (Å²) in [6.07, 6.45) is 0.754. The Morgan fingerprint density at radius 3 is 2.35 bits per heavy atom. The number of thiophene rings is 1. The van der Waals surface area contributed by atoms with Gasteiger partial charge in [-0.05, 0) is 42.8 Å². The van der Waals surface area contributed by atoms with Crippen molar-refractivity contribution in [3.63, 3.8) is 0 Å². The number of benzene rings is 1. The van der Waals surface area contributed by atoms with Crippen molar-refractivity contribution >= 4 is 38.7 Å². The van der Waals surface area contributed by atoms with Crippen LogP contribution in [0, 0.1) is 11.6 Å². The number of aromatic nitrogens is 2. The van der Waals surface area contributed by atoms with Crippen LogP contribution in [0.3, 0.4) is 0 Å². The number of sulfonamides is 1. The Labute approximate surface area is 153 Å². The molecule has 1 aromatic carbocycles. The molecule has 10 heteroatoms. The molecule has 0 atom stereocenters. The number of halogens is 2. The lowest BCUT2D eigenvalue weighted by Crippen LogP contribution is -2.13. The first-order valence-corrected chi connectivity index (χ1v) is 9.84. The fourth-order valence-corrected chi connectivity index (χ4v) is 4.35. The van der Waals surface area contributed by atoms with Gasteiger partial charge < -0.3 is 5.32 Å². The highest BCUT2D eigenvalue weighted by atomic mass is 32.2. The molecule has 0 bridgehead atoms. The number of hydrogen-bond donors (Lipinski definition) is 2. The SMILES string of the molecule is CCc1ccc(S(=O)(=O)Nc2ccc(Nc3ccc(F)c(F)c3)nn2)s1. The number of aryl methyl sites for hydroxylation is 1. The molecule has 26 heavy (non-hydrogen) atoms. The predicted octanol–water partition coefficient (Wildman–Crippen LogP) is 3.92. The molecule has 0 fully saturated rings. The molecule has 2 heterocycles. The summed E-state index contributed by atoms with van der Waals surface area (Å²) in [6, 6.07) is 9.50. The van der Waals surface area contributed by atoms with Gasteiger partial charge >= 0.3 is 0 Å². The highest BCUT2D eigenvalue weighted by molar-refractivity contribution is 7.94. The van der Waals surface area contributed by atoms with Crippen molar-refractivity contribution in [1.29, 1.82) is 0 Å². The van der Waals surface area contributed by atoms with Crippen LogP contribution in [-0.2, 0) is 16.4 Å². The second-order valence-corrected chi connectivity index (χ2v) is 8.32. The Balaban J connectivity index is 1.71. The Bertz CT molecular complexity index is 1020. The van der Waals surface area contributed by atoms with Gasteiger partial charge in [0.1, 0.15) is 4.21 Å². The van der Waals surface area contributed by atoms with Crippen molar-refractivity contribution in [3.8, 4) is 0 Å². The summed E-state index contributed by atoms with van der Waals surface area (Å²) in [5.41, 5.74) is 0.289. The number of nitrogens with zero attached hydrogens (tertiary/aromatic N) is 2. The first-order chi connectivity index (χ1) is 12.4. The van der Waals surface area contributed by atoms with E-state index in [0.717, 1.165) is 23.4 Å². The highest BCUT2D eigenvalue weighted by Gasteiger charge is 2.17. The van der Waals surface area contributed by atoms with Gasteiger partial charge in [0.25, 0.3) is 10.0 Å². The van der Waals surface area contributed by atoms with Gasteiger partial charge in [-0.15, -0.1) is 21.5 Å². The molecule has 2 aromatic heterocycles. The second kappa shape index (κ2) is 7.34. The van der Waals surface area contributed by atoms with Crippen molar-refractivity contribution in [2.75, 3.05) is 10.0 Å². The Morgan fingerprint density at radius 1 is 1.00 bits per heavy atom. The maximum Gasteiger partial charge on any atom is 0.272 e. The van der Waals surface area contributed by atoms with Crippen molar-refractivity contribution in [2.24, 2.45) is 0 Å². The minimum absolute atomic E-state index is 0.0484. The lowest BCUT2D eigenvalue weighted by atomic mass is 10.3. The first-order valence-electron chi connectivity index (χ1n) is 7.55. The van der Waals surface area contributed by atoms with E-state index in [1.165, 1.54) is 35.6 Å². The molecule has 0 aliphatic rings. The standard InChI is InChI=1S/C16H14F2N4O2S2/c1-2-11-4-8-16(25-11)26(23,24)22-15-7-6-14(20-21-15)19-10-3-5-12(17)13(18)9-10/h3-9H,2H2,1H3,(H,19,20)(H,21,22). The van der Waals surface area contributed by atoms with Crippen molar-refractivity contribution < 1.29 is 17.2 Å². The molecule has 0 amide bonds. The van der Waals surface area contributed by atoms with Gasteiger partial charge in [-0.1, -0.05) is 6.92 Å². The van der Waals surface area contributed by atoms with Crippen LogP contribution in [0.15, 0.2) is 46.7 Å². The summed E-state index contributed by atoms with van der Waals surface area (Å²) in [5, 5.41) is 10.4. The molecule has 3 rings (SSSR count). The summed E-state index contributed by atoms with van der Waals surface area (Å²) in [4.78, 5) is 0.961. The first kappa shape index (κ1) is 18.2. The van der Waals surface area contributed by atoms with E-state index in [9.17, 15) is 17.2 Å². The zero-order valence-corrected chi connectivity index (χ0v) is 15.2. The van der Waals surface area contributed by atoms with Crippen LogP contribution < -0.4 is 10.0 Å². The van der Waals surface area contributed by atoms with Gasteiger partial charge in [-0.2, -0.15) is 0 Å². The molecule has 6 nitrogen and oxygen atoms in total. The summed E-state index contributed by atoms with van der Waals surface area (Å²) >= 11 is 1.19. The predicted molar refractivity (Wildman–Crippen MR) is 96.2 cm³/mol. The van der Waals surface area contributed by atoms with Crippen molar-refractivity contribution in [1.82, 2.24) is 10.2 Å². The summed E-state index contributed by atoms with van der Waals surface area (Å²) in [5.74, 6) is -1.64. The van der Waals surface area contributed by atoms with Crippen LogP contribution in [-0.4, -0.2) is 18.6 Å². The zero-order valence-electron chi connectivity index (χ0n) is 13.5. The van der Waals surface area contributed by atoms with Gasteiger partial charge in [0.15, 0.2) is 23.3 Å². The zero-order chi connectivity index (χ0) is 18.7. The maximum atomic E-state index is 13.2. The van der Waals surface area contributed by atoms with Gasteiger partial charge in [0.2, 0.25) is 0 Å². The summed E-state index contributed by atoms with van der Waals surface area (Å²) in [6.45, 7) is 1.94. The van der Waals surface area contributed by atoms with E-state index in [0.29, 0.717) is 0 Å². The van der Waals surface area contributed by atoms with E-state index in [-0.39, 0.29) is 21.5 Å². The Hall–Kier alpha value is -2.59. The van der Waals surface area contributed by atoms with Crippen LogP contribution in [0.2, 0.25) is 0 Å². The largest absolute Gasteiger partial charge is 0.339 e. The van der Waals surface area contributed by atoms with Gasteiger partial charge in [0.05, 0.1) is 0 Å². The van der Waals surface area contributed by atoms with Crippen LogP contribution >= 0.6 is 11.3 Å². The van der Waals surface area contributed by atoms with Crippen LogP contribution in [0.25, 0.3) is 0 Å². The lowest BCUT2D eigenvalue weighted by Gasteiger charge is -2.07. The second-order valence-electron chi connectivity index (χ2n) is 5.24. The minimum Gasteiger partial charge on any atom is -0.339 e. The van der Waals surface area contributed by atoms with E-state index in [1.54, 1.807) is 6.07 Å². The Morgan fingerprint density at radius 2 is 1.73 bits per heavy atom. The monoisotopic (exact) mass is 396 g/mol. The molecular weight excluding hydrogens is 382 g/mol. The molecule has 2 N–H and O–H groups in total. The van der Waals surface area contributed by atoms with Crippen LogP contribution in [0.1, 0.15) is 11.8 Å². The summed E-state index contributed by atoms with van der Waals surface area (Å²) < 4.78 is 53.3. The molecule has 0 saturated carbocycles. The third-order valence-corrected chi connectivity index (χ3v) is 6.42. The molecule has 136 valence electrons. The molecular formula is C16H14F2N4O2S2. The third kappa shape index (κ3) is 4.14. The van der Waals surface area contributed by atoms with E-state index in [2.05, 4.69) is 20.2 Å². The van der Waals surface area contributed by atoms with Crippen molar-refractivity contribution in [2.45, 2.75) is 17.6 Å².